The van der Waals surface area contributed by atoms with Gasteiger partial charge in [-0.15, -0.1) is 0 Å². The van der Waals surface area contributed by atoms with Crippen LogP contribution >= 0.6 is 0 Å². The molecule has 2 aromatic rings. The van der Waals surface area contributed by atoms with Crippen molar-refractivity contribution >= 4 is 5.78 Å². The van der Waals surface area contributed by atoms with Crippen LogP contribution in [0.4, 0.5) is 0 Å². The summed E-state index contributed by atoms with van der Waals surface area (Å²) in [6.45, 7) is 1.44. The smallest absolute Gasteiger partial charge is 0.190 e. The normalized spacial score (nSPS) is 17.4. The van der Waals surface area contributed by atoms with E-state index in [1.165, 1.54) is 67.6 Å². The SMILES string of the molecule is CC1(O)C=C([C@@H](O)c2ccc(C#N)cc2)C(=O)C([C@@H](O)c2ccc(C#N)cc2)=C1. The van der Waals surface area contributed by atoms with Crippen LogP contribution in [0.25, 0.3) is 0 Å². The number of nitrogens with zero attached hydrogens (tertiary/aromatic N) is 2. The number of aliphatic hydroxyl groups is 3. The Balaban J connectivity index is 1.94. The molecule has 0 amide bonds. The van der Waals surface area contributed by atoms with Crippen LogP contribution in [0.3, 0.4) is 0 Å². The summed E-state index contributed by atoms with van der Waals surface area (Å²) in [6.07, 6.45) is -0.155. The Morgan fingerprint density at radius 2 is 1.14 bits per heavy atom. The summed E-state index contributed by atoms with van der Waals surface area (Å²) in [5.41, 5.74) is -0.0982. The lowest BCUT2D eigenvalue weighted by atomic mass is 9.81. The number of hydrogen-bond acceptors (Lipinski definition) is 6. The van der Waals surface area contributed by atoms with E-state index in [0.29, 0.717) is 22.3 Å². The van der Waals surface area contributed by atoms with E-state index in [1.807, 2.05) is 12.1 Å². The summed E-state index contributed by atoms with van der Waals surface area (Å²) in [7, 11) is 0. The lowest BCUT2D eigenvalue weighted by Crippen LogP contribution is -2.31. The molecule has 0 saturated heterocycles. The minimum absolute atomic E-state index is 0.0649. The quantitative estimate of drug-likeness (QED) is 0.741. The number of benzene rings is 2. The Labute approximate surface area is 167 Å². The van der Waals surface area contributed by atoms with Gasteiger partial charge < -0.3 is 15.3 Å². The van der Waals surface area contributed by atoms with Gasteiger partial charge in [-0.1, -0.05) is 24.3 Å². The average molecular weight is 386 g/mol. The molecule has 0 aliphatic heterocycles. The molecule has 0 bridgehead atoms. The predicted molar refractivity (Wildman–Crippen MR) is 104 cm³/mol. The minimum atomic E-state index is -1.56. The highest BCUT2D eigenvalue weighted by molar-refractivity contribution is 6.11. The van der Waals surface area contributed by atoms with Gasteiger partial charge in [0.05, 0.1) is 28.9 Å². The first-order valence-electron chi connectivity index (χ1n) is 8.84. The van der Waals surface area contributed by atoms with Gasteiger partial charge in [-0.05, 0) is 54.5 Å². The molecule has 144 valence electrons. The van der Waals surface area contributed by atoms with Crippen molar-refractivity contribution in [3.63, 3.8) is 0 Å². The molecule has 6 heteroatoms. The Bertz CT molecular complexity index is 996. The van der Waals surface area contributed by atoms with Gasteiger partial charge >= 0.3 is 0 Å². The number of Topliss-reactive ketones (excluding diaryl/α,β-unsaturated/α-hetero) is 1. The first kappa shape index (κ1) is 20.2. The Morgan fingerprint density at radius 1 is 0.793 bits per heavy atom. The van der Waals surface area contributed by atoms with Gasteiger partial charge in [-0.3, -0.25) is 4.79 Å². The second-order valence-corrected chi connectivity index (χ2v) is 7.03. The van der Waals surface area contributed by atoms with E-state index in [9.17, 15) is 20.1 Å². The lowest BCUT2D eigenvalue weighted by molar-refractivity contribution is -0.114. The summed E-state index contributed by atoms with van der Waals surface area (Å²) in [6, 6.07) is 16.2. The van der Waals surface area contributed by atoms with Crippen LogP contribution in [-0.4, -0.2) is 26.7 Å². The van der Waals surface area contributed by atoms with Crippen LogP contribution < -0.4 is 0 Å². The van der Waals surface area contributed by atoms with E-state index in [2.05, 4.69) is 0 Å². The van der Waals surface area contributed by atoms with Gasteiger partial charge in [-0.2, -0.15) is 10.5 Å². The zero-order valence-corrected chi connectivity index (χ0v) is 15.6. The molecule has 3 N–H and O–H groups in total. The van der Waals surface area contributed by atoms with E-state index < -0.39 is 23.6 Å². The van der Waals surface area contributed by atoms with E-state index in [1.54, 1.807) is 0 Å². The van der Waals surface area contributed by atoms with Gasteiger partial charge in [-0.25, -0.2) is 0 Å². The van der Waals surface area contributed by atoms with Crippen LogP contribution in [-0.2, 0) is 4.79 Å². The van der Waals surface area contributed by atoms with Crippen molar-refractivity contribution in [3.05, 3.63) is 94.1 Å². The Hall–Kier alpha value is -3.55. The van der Waals surface area contributed by atoms with Crippen molar-refractivity contribution in [2.24, 2.45) is 0 Å². The highest BCUT2D eigenvalue weighted by Gasteiger charge is 2.35. The first-order chi connectivity index (χ1) is 13.8. The second-order valence-electron chi connectivity index (χ2n) is 7.03. The molecule has 0 unspecified atom stereocenters. The topological polar surface area (TPSA) is 125 Å². The number of hydrogen-bond donors (Lipinski definition) is 3. The molecule has 0 radical (unpaired) electrons. The summed E-state index contributed by atoms with van der Waals surface area (Å²) in [5, 5.41) is 49.8. The van der Waals surface area contributed by atoms with Crippen molar-refractivity contribution < 1.29 is 20.1 Å². The number of nitriles is 2. The van der Waals surface area contributed by atoms with E-state index >= 15 is 0 Å². The molecule has 29 heavy (non-hydrogen) atoms. The maximum Gasteiger partial charge on any atom is 0.190 e. The molecule has 1 aliphatic carbocycles. The summed E-state index contributed by atoms with van der Waals surface area (Å²) in [5.74, 6) is -0.592. The van der Waals surface area contributed by atoms with Crippen molar-refractivity contribution in [1.82, 2.24) is 0 Å². The highest BCUT2D eigenvalue weighted by Crippen LogP contribution is 2.36. The summed E-state index contributed by atoms with van der Waals surface area (Å²) >= 11 is 0. The fourth-order valence-corrected chi connectivity index (χ4v) is 3.21. The molecule has 1 aliphatic rings. The Kier molecular flexibility index (Phi) is 5.45. The van der Waals surface area contributed by atoms with Crippen molar-refractivity contribution in [1.29, 1.82) is 10.5 Å². The number of carbonyl (C=O) groups excluding carboxylic acids is 1. The van der Waals surface area contributed by atoms with Gasteiger partial charge in [0.1, 0.15) is 12.2 Å². The maximum atomic E-state index is 13.0. The fourth-order valence-electron chi connectivity index (χ4n) is 3.21. The molecule has 0 saturated carbocycles. The zero-order chi connectivity index (χ0) is 21.2. The van der Waals surface area contributed by atoms with Crippen LogP contribution in [0.5, 0.6) is 0 Å². The van der Waals surface area contributed by atoms with E-state index in [4.69, 9.17) is 10.5 Å². The number of aliphatic hydroxyl groups excluding tert-OH is 2. The van der Waals surface area contributed by atoms with Crippen LogP contribution in [0.2, 0.25) is 0 Å². The van der Waals surface area contributed by atoms with Crippen LogP contribution in [0.1, 0.15) is 41.4 Å². The third-order valence-corrected chi connectivity index (χ3v) is 4.72. The van der Waals surface area contributed by atoms with Crippen molar-refractivity contribution in [2.45, 2.75) is 24.7 Å². The molecule has 3 rings (SSSR count). The molecule has 2 atom stereocenters. The summed E-state index contributed by atoms with van der Waals surface area (Å²) < 4.78 is 0. The molecular weight excluding hydrogens is 368 g/mol. The van der Waals surface area contributed by atoms with Crippen LogP contribution in [0, 0.1) is 22.7 Å². The van der Waals surface area contributed by atoms with Crippen LogP contribution in [0.15, 0.2) is 71.8 Å². The molecule has 0 heterocycles. The predicted octanol–water partition coefficient (Wildman–Crippen LogP) is 2.38. The molecule has 0 fully saturated rings. The minimum Gasteiger partial charge on any atom is -0.384 e. The zero-order valence-electron chi connectivity index (χ0n) is 15.6. The molecule has 0 spiro atoms. The first-order valence-corrected chi connectivity index (χ1v) is 8.84. The largest absolute Gasteiger partial charge is 0.384 e. The molecule has 6 nitrogen and oxygen atoms in total. The highest BCUT2D eigenvalue weighted by atomic mass is 16.3. The standard InChI is InChI=1S/C23H18N2O4/c1-23(29)10-18(20(26)16-6-2-14(12-24)3-7-16)22(28)19(11-23)21(27)17-8-4-15(13-25)5-9-17/h2-11,20-21,26-27,29H,1H3/t20-,21-/m0/s1. The maximum absolute atomic E-state index is 13.0. The molecular formula is C23H18N2O4. The van der Waals surface area contributed by atoms with E-state index in [-0.39, 0.29) is 11.1 Å². The summed E-state index contributed by atoms with van der Waals surface area (Å²) in [4.78, 5) is 13.0. The van der Waals surface area contributed by atoms with E-state index in [0.717, 1.165) is 0 Å². The lowest BCUT2D eigenvalue weighted by Gasteiger charge is -2.29. The van der Waals surface area contributed by atoms with Crippen molar-refractivity contribution in [3.8, 4) is 12.1 Å². The third kappa shape index (κ3) is 4.16. The van der Waals surface area contributed by atoms with Gasteiger partial charge in [0.2, 0.25) is 0 Å². The monoisotopic (exact) mass is 386 g/mol. The Morgan fingerprint density at radius 3 is 1.45 bits per heavy atom. The third-order valence-electron chi connectivity index (χ3n) is 4.72. The molecule has 0 aromatic heterocycles. The fraction of sp³-hybridized carbons (Fsp3) is 0.174. The number of ketones is 1. The molecule has 2 aromatic carbocycles. The second kappa shape index (κ2) is 7.83. The van der Waals surface area contributed by atoms with Crippen molar-refractivity contribution in [2.75, 3.05) is 0 Å². The van der Waals surface area contributed by atoms with Gasteiger partial charge in [0.15, 0.2) is 5.78 Å². The van der Waals surface area contributed by atoms with Gasteiger partial charge in [0, 0.05) is 11.1 Å². The van der Waals surface area contributed by atoms with Gasteiger partial charge in [0.25, 0.3) is 0 Å². The average Bonchev–Trinajstić information content (AvgIpc) is 2.74. The number of carbonyl (C=O) groups is 1. The number of rotatable bonds is 4.